The van der Waals surface area contributed by atoms with E-state index in [2.05, 4.69) is 61.7 Å². The van der Waals surface area contributed by atoms with Crippen molar-refractivity contribution >= 4 is 17.4 Å². The first kappa shape index (κ1) is 14.7. The van der Waals surface area contributed by atoms with E-state index in [-0.39, 0.29) is 6.04 Å². The average Bonchev–Trinajstić information content (AvgIpc) is 2.51. The molecule has 1 aromatic carbocycles. The zero-order chi connectivity index (χ0) is 13.9. The van der Waals surface area contributed by atoms with Crippen LogP contribution in [0.5, 0.6) is 0 Å². The van der Waals surface area contributed by atoms with Gasteiger partial charge in [-0.05, 0) is 37.5 Å². The van der Waals surface area contributed by atoms with Crippen LogP contribution in [0.4, 0.5) is 5.69 Å². The first-order chi connectivity index (χ1) is 8.96. The molecule has 3 heteroatoms. The van der Waals surface area contributed by atoms with Crippen LogP contribution in [-0.2, 0) is 6.42 Å². The van der Waals surface area contributed by atoms with Crippen molar-refractivity contribution in [3.63, 3.8) is 0 Å². The molecule has 1 saturated heterocycles. The lowest BCUT2D eigenvalue weighted by molar-refractivity contribution is 0.637. The van der Waals surface area contributed by atoms with Crippen LogP contribution < -0.4 is 10.6 Å². The Kier molecular flexibility index (Phi) is 4.80. The van der Waals surface area contributed by atoms with Gasteiger partial charge in [0.05, 0.1) is 0 Å². The molecule has 1 aromatic rings. The van der Waals surface area contributed by atoms with Crippen molar-refractivity contribution in [3.05, 3.63) is 29.8 Å². The van der Waals surface area contributed by atoms with Crippen molar-refractivity contribution < 1.29 is 0 Å². The number of nitrogens with two attached hydrogens (primary N) is 1. The van der Waals surface area contributed by atoms with Gasteiger partial charge in [0, 0.05) is 35.3 Å². The summed E-state index contributed by atoms with van der Waals surface area (Å²) in [5, 5.41) is 0. The van der Waals surface area contributed by atoms with Gasteiger partial charge in [-0.15, -0.1) is 0 Å². The molecule has 2 N–H and O–H groups in total. The Morgan fingerprint density at radius 1 is 1.26 bits per heavy atom. The molecule has 1 aliphatic rings. The van der Waals surface area contributed by atoms with Gasteiger partial charge in [0.25, 0.3) is 0 Å². The molecule has 1 aliphatic heterocycles. The molecule has 1 atom stereocenters. The molecular formula is C16H26N2S. The highest BCUT2D eigenvalue weighted by Gasteiger charge is 2.23. The number of thioether (sulfide) groups is 1. The second-order valence-electron chi connectivity index (χ2n) is 6.19. The summed E-state index contributed by atoms with van der Waals surface area (Å²) in [5.74, 6) is 1.22. The Balaban J connectivity index is 2.01. The molecule has 1 unspecified atom stereocenters. The Hall–Kier alpha value is -0.670. The lowest BCUT2D eigenvalue weighted by atomic mass is 10.1. The zero-order valence-electron chi connectivity index (χ0n) is 12.4. The lowest BCUT2D eigenvalue weighted by Crippen LogP contribution is -2.26. The Morgan fingerprint density at radius 2 is 1.95 bits per heavy atom. The van der Waals surface area contributed by atoms with E-state index in [1.54, 1.807) is 0 Å². The summed E-state index contributed by atoms with van der Waals surface area (Å²) in [6, 6.07) is 9.19. The summed E-state index contributed by atoms with van der Waals surface area (Å²) in [5.41, 5.74) is 8.53. The smallest absolute Gasteiger partial charge is 0.0366 e. The Morgan fingerprint density at radius 3 is 2.58 bits per heavy atom. The quantitative estimate of drug-likeness (QED) is 0.920. The first-order valence-corrected chi connectivity index (χ1v) is 8.18. The highest BCUT2D eigenvalue weighted by Crippen LogP contribution is 2.32. The summed E-state index contributed by atoms with van der Waals surface area (Å²) in [7, 11) is 0. The zero-order valence-corrected chi connectivity index (χ0v) is 13.2. The van der Waals surface area contributed by atoms with Crippen LogP contribution in [0, 0.1) is 0 Å². The minimum absolute atomic E-state index is 0.237. The third kappa shape index (κ3) is 4.43. The molecule has 0 saturated carbocycles. The maximum absolute atomic E-state index is 5.84. The summed E-state index contributed by atoms with van der Waals surface area (Å²) in [4.78, 5) is 2.51. The van der Waals surface area contributed by atoms with Crippen molar-refractivity contribution in [3.8, 4) is 0 Å². The molecule has 1 heterocycles. The van der Waals surface area contributed by atoms with Crippen LogP contribution in [0.2, 0.25) is 0 Å². The van der Waals surface area contributed by atoms with Gasteiger partial charge in [0.1, 0.15) is 0 Å². The molecule has 0 radical (unpaired) electrons. The van der Waals surface area contributed by atoms with E-state index in [1.165, 1.54) is 23.4 Å². The van der Waals surface area contributed by atoms with Gasteiger partial charge in [0.2, 0.25) is 0 Å². The molecule has 0 spiro atoms. The molecule has 0 bridgehead atoms. The van der Waals surface area contributed by atoms with E-state index >= 15 is 0 Å². The highest BCUT2D eigenvalue weighted by atomic mass is 32.2. The van der Waals surface area contributed by atoms with Crippen molar-refractivity contribution in [1.29, 1.82) is 0 Å². The normalized spacial score (nSPS) is 20.9. The summed E-state index contributed by atoms with van der Waals surface area (Å²) < 4.78 is 0.420. The Bertz CT molecular complexity index is 398. The van der Waals surface area contributed by atoms with Gasteiger partial charge in [0.15, 0.2) is 0 Å². The number of nitrogens with zero attached hydrogens (tertiary/aromatic N) is 1. The standard InChI is InChI=1S/C16H26N2S/c1-13(17)12-14-4-6-15(7-5-14)18-9-8-16(2,3)19-11-10-18/h4-7,13H,8-12,17H2,1-3H3. The maximum atomic E-state index is 5.84. The summed E-state index contributed by atoms with van der Waals surface area (Å²) in [6.45, 7) is 9.08. The fourth-order valence-corrected chi connectivity index (χ4v) is 3.59. The molecule has 0 amide bonds. The largest absolute Gasteiger partial charge is 0.371 e. The van der Waals surface area contributed by atoms with Crippen LogP contribution in [0.15, 0.2) is 24.3 Å². The van der Waals surface area contributed by atoms with E-state index in [9.17, 15) is 0 Å². The molecule has 2 rings (SSSR count). The van der Waals surface area contributed by atoms with E-state index in [0.29, 0.717) is 4.75 Å². The van der Waals surface area contributed by atoms with Gasteiger partial charge in [-0.2, -0.15) is 11.8 Å². The van der Waals surface area contributed by atoms with Gasteiger partial charge in [-0.1, -0.05) is 26.0 Å². The van der Waals surface area contributed by atoms with E-state index in [0.717, 1.165) is 19.5 Å². The van der Waals surface area contributed by atoms with E-state index < -0.39 is 0 Å². The second kappa shape index (κ2) is 6.19. The third-order valence-electron chi connectivity index (χ3n) is 3.70. The molecular weight excluding hydrogens is 252 g/mol. The second-order valence-corrected chi connectivity index (χ2v) is 8.00. The highest BCUT2D eigenvalue weighted by molar-refractivity contribution is 8.00. The average molecular weight is 278 g/mol. The minimum atomic E-state index is 0.237. The molecule has 1 fully saturated rings. The maximum Gasteiger partial charge on any atom is 0.0366 e. The van der Waals surface area contributed by atoms with Crippen LogP contribution >= 0.6 is 11.8 Å². The number of hydrogen-bond acceptors (Lipinski definition) is 3. The molecule has 19 heavy (non-hydrogen) atoms. The van der Waals surface area contributed by atoms with Crippen molar-refractivity contribution in [2.45, 2.75) is 44.4 Å². The van der Waals surface area contributed by atoms with Gasteiger partial charge >= 0.3 is 0 Å². The monoisotopic (exact) mass is 278 g/mol. The number of anilines is 1. The molecule has 106 valence electrons. The van der Waals surface area contributed by atoms with Gasteiger partial charge in [-0.3, -0.25) is 0 Å². The summed E-state index contributed by atoms with van der Waals surface area (Å²) >= 11 is 2.09. The molecule has 0 aromatic heterocycles. The third-order valence-corrected chi connectivity index (χ3v) is 5.07. The van der Waals surface area contributed by atoms with Crippen LogP contribution in [0.1, 0.15) is 32.8 Å². The number of hydrogen-bond donors (Lipinski definition) is 1. The lowest BCUT2D eigenvalue weighted by Gasteiger charge is -2.24. The van der Waals surface area contributed by atoms with Crippen molar-refractivity contribution in [2.75, 3.05) is 23.7 Å². The first-order valence-electron chi connectivity index (χ1n) is 7.20. The summed E-state index contributed by atoms with van der Waals surface area (Å²) in [6.07, 6.45) is 2.21. The fraction of sp³-hybridized carbons (Fsp3) is 0.625. The SMILES string of the molecule is CC(N)Cc1ccc(N2CCSC(C)(C)CC2)cc1. The van der Waals surface area contributed by atoms with Crippen LogP contribution in [0.3, 0.4) is 0 Å². The van der Waals surface area contributed by atoms with Gasteiger partial charge < -0.3 is 10.6 Å². The molecule has 0 aliphatic carbocycles. The van der Waals surface area contributed by atoms with Crippen LogP contribution in [-0.4, -0.2) is 29.6 Å². The molecule has 2 nitrogen and oxygen atoms in total. The van der Waals surface area contributed by atoms with Crippen molar-refractivity contribution in [2.24, 2.45) is 5.73 Å². The number of benzene rings is 1. The minimum Gasteiger partial charge on any atom is -0.371 e. The fourth-order valence-electron chi connectivity index (χ4n) is 2.49. The number of rotatable bonds is 3. The Labute approximate surface area is 121 Å². The topological polar surface area (TPSA) is 29.3 Å². The van der Waals surface area contributed by atoms with Crippen molar-refractivity contribution in [1.82, 2.24) is 0 Å². The van der Waals surface area contributed by atoms with E-state index in [4.69, 9.17) is 5.73 Å². The van der Waals surface area contributed by atoms with E-state index in [1.807, 2.05) is 0 Å². The predicted octanol–water partition coefficient (Wildman–Crippen LogP) is 3.30. The van der Waals surface area contributed by atoms with Crippen LogP contribution in [0.25, 0.3) is 0 Å². The predicted molar refractivity (Wildman–Crippen MR) is 87.2 cm³/mol. The van der Waals surface area contributed by atoms with Gasteiger partial charge in [-0.25, -0.2) is 0 Å².